The monoisotopic (exact) mass is 338 g/mol. The van der Waals surface area contributed by atoms with E-state index in [1.165, 1.54) is 7.11 Å². The largest absolute Gasteiger partial charge is 0.465 e. The number of benzene rings is 2. The van der Waals surface area contributed by atoms with E-state index >= 15 is 0 Å². The van der Waals surface area contributed by atoms with Gasteiger partial charge in [-0.3, -0.25) is 9.59 Å². The molecule has 0 radical (unpaired) electrons. The van der Waals surface area contributed by atoms with Crippen LogP contribution < -0.4 is 10.2 Å². The Morgan fingerprint density at radius 2 is 1.84 bits per heavy atom. The van der Waals surface area contributed by atoms with Crippen molar-refractivity contribution in [2.45, 2.75) is 12.8 Å². The molecule has 0 aromatic heterocycles. The van der Waals surface area contributed by atoms with E-state index in [1.54, 1.807) is 47.4 Å². The van der Waals surface area contributed by atoms with Crippen LogP contribution in [0.3, 0.4) is 0 Å². The molecule has 1 heterocycles. The van der Waals surface area contributed by atoms with Crippen molar-refractivity contribution in [3.63, 3.8) is 0 Å². The Balaban J connectivity index is 1.73. The molecule has 2 aromatic carbocycles. The second-order valence-electron chi connectivity index (χ2n) is 5.72. The van der Waals surface area contributed by atoms with Gasteiger partial charge >= 0.3 is 5.97 Å². The van der Waals surface area contributed by atoms with Crippen LogP contribution in [0.5, 0.6) is 0 Å². The number of nitrogens with zero attached hydrogens (tertiary/aromatic N) is 1. The second kappa shape index (κ2) is 7.17. The number of carbonyl (C=O) groups is 3. The summed E-state index contributed by atoms with van der Waals surface area (Å²) >= 11 is 0. The number of esters is 1. The summed E-state index contributed by atoms with van der Waals surface area (Å²) in [7, 11) is 1.32. The molecule has 0 atom stereocenters. The molecule has 3 rings (SSSR count). The quantitative estimate of drug-likeness (QED) is 0.870. The Morgan fingerprint density at radius 1 is 1.08 bits per heavy atom. The van der Waals surface area contributed by atoms with E-state index < -0.39 is 5.97 Å². The first-order chi connectivity index (χ1) is 12.1. The molecule has 2 amide bonds. The fourth-order valence-corrected chi connectivity index (χ4v) is 2.75. The maximum atomic E-state index is 12.4. The molecule has 1 N–H and O–H groups in total. The van der Waals surface area contributed by atoms with Gasteiger partial charge in [-0.15, -0.1) is 0 Å². The van der Waals surface area contributed by atoms with Crippen LogP contribution in [-0.4, -0.2) is 31.4 Å². The van der Waals surface area contributed by atoms with Crippen molar-refractivity contribution in [1.82, 2.24) is 0 Å². The third-order valence-corrected chi connectivity index (χ3v) is 4.06. The second-order valence-corrected chi connectivity index (χ2v) is 5.72. The molecule has 0 aliphatic carbocycles. The molecule has 25 heavy (non-hydrogen) atoms. The summed E-state index contributed by atoms with van der Waals surface area (Å²) in [6.45, 7) is 0.679. The van der Waals surface area contributed by atoms with Crippen LogP contribution in [0.25, 0.3) is 0 Å². The third-order valence-electron chi connectivity index (χ3n) is 4.06. The minimum atomic E-state index is -0.430. The van der Waals surface area contributed by atoms with Crippen molar-refractivity contribution < 1.29 is 19.1 Å². The van der Waals surface area contributed by atoms with Gasteiger partial charge in [-0.05, 0) is 48.9 Å². The first-order valence-corrected chi connectivity index (χ1v) is 7.98. The molecular weight excluding hydrogens is 320 g/mol. The van der Waals surface area contributed by atoms with Gasteiger partial charge in [0.15, 0.2) is 0 Å². The Hall–Kier alpha value is -3.15. The molecule has 1 fully saturated rings. The molecule has 128 valence electrons. The molecule has 0 bridgehead atoms. The third kappa shape index (κ3) is 3.68. The summed E-state index contributed by atoms with van der Waals surface area (Å²) in [5.41, 5.74) is 2.18. The van der Waals surface area contributed by atoms with Gasteiger partial charge in [0.1, 0.15) is 0 Å². The highest BCUT2D eigenvalue weighted by molar-refractivity contribution is 6.06. The van der Waals surface area contributed by atoms with Gasteiger partial charge in [0.2, 0.25) is 5.91 Å². The van der Waals surface area contributed by atoms with Gasteiger partial charge in [-0.2, -0.15) is 0 Å². The number of nitrogens with one attached hydrogen (secondary N) is 1. The minimum Gasteiger partial charge on any atom is -0.465 e. The fourth-order valence-electron chi connectivity index (χ4n) is 2.75. The van der Waals surface area contributed by atoms with E-state index in [9.17, 15) is 14.4 Å². The highest BCUT2D eigenvalue weighted by Crippen LogP contribution is 2.22. The molecule has 1 saturated heterocycles. The lowest BCUT2D eigenvalue weighted by Crippen LogP contribution is -2.24. The number of hydrogen-bond acceptors (Lipinski definition) is 4. The standard InChI is InChI=1S/C19H18N2O4/c1-25-19(24)13-7-9-15(10-8-13)20-18(23)14-4-2-5-16(12-14)21-11-3-6-17(21)22/h2,4-5,7-10,12H,3,6,11H2,1H3,(H,20,23). The molecule has 6 heteroatoms. The van der Waals surface area contributed by atoms with Gasteiger partial charge in [-0.1, -0.05) is 6.07 Å². The van der Waals surface area contributed by atoms with Gasteiger partial charge in [-0.25, -0.2) is 4.79 Å². The number of methoxy groups -OCH3 is 1. The van der Waals surface area contributed by atoms with Gasteiger partial charge in [0, 0.05) is 29.9 Å². The Bertz CT molecular complexity index is 814. The van der Waals surface area contributed by atoms with Crippen LogP contribution in [0.15, 0.2) is 48.5 Å². The highest BCUT2D eigenvalue weighted by Gasteiger charge is 2.22. The number of amides is 2. The minimum absolute atomic E-state index is 0.0796. The predicted octanol–water partition coefficient (Wildman–Crippen LogP) is 2.85. The summed E-state index contributed by atoms with van der Waals surface area (Å²) in [5.74, 6) is -0.629. The smallest absolute Gasteiger partial charge is 0.337 e. The molecule has 6 nitrogen and oxygen atoms in total. The maximum Gasteiger partial charge on any atom is 0.337 e. The summed E-state index contributed by atoms with van der Waals surface area (Å²) in [4.78, 5) is 37.4. The number of carbonyl (C=O) groups excluding carboxylic acids is 3. The molecule has 0 unspecified atom stereocenters. The van der Waals surface area contributed by atoms with Crippen LogP contribution in [0, 0.1) is 0 Å². The van der Waals surface area contributed by atoms with Crippen molar-refractivity contribution in [2.24, 2.45) is 0 Å². The van der Waals surface area contributed by atoms with E-state index in [0.29, 0.717) is 29.8 Å². The zero-order chi connectivity index (χ0) is 17.8. The summed E-state index contributed by atoms with van der Waals surface area (Å²) in [6.07, 6.45) is 1.38. The molecule has 0 spiro atoms. The zero-order valence-electron chi connectivity index (χ0n) is 13.8. The molecule has 0 saturated carbocycles. The average molecular weight is 338 g/mol. The van der Waals surface area contributed by atoms with Crippen molar-refractivity contribution in [1.29, 1.82) is 0 Å². The average Bonchev–Trinajstić information content (AvgIpc) is 3.07. The summed E-state index contributed by atoms with van der Waals surface area (Å²) in [5, 5.41) is 2.78. The molecule has 2 aromatic rings. The Labute approximate surface area is 145 Å². The lowest BCUT2D eigenvalue weighted by Gasteiger charge is -2.16. The molecule has 1 aliphatic rings. The van der Waals surface area contributed by atoms with Crippen molar-refractivity contribution in [3.05, 3.63) is 59.7 Å². The van der Waals surface area contributed by atoms with Crippen LogP contribution in [0.4, 0.5) is 11.4 Å². The SMILES string of the molecule is COC(=O)c1ccc(NC(=O)c2cccc(N3CCCC3=O)c2)cc1. The van der Waals surface area contributed by atoms with Crippen molar-refractivity contribution in [3.8, 4) is 0 Å². The van der Waals surface area contributed by atoms with Crippen LogP contribution in [-0.2, 0) is 9.53 Å². The molecule has 1 aliphatic heterocycles. The number of anilines is 2. The highest BCUT2D eigenvalue weighted by atomic mass is 16.5. The normalized spacial score (nSPS) is 13.6. The summed E-state index contributed by atoms with van der Waals surface area (Å²) < 4.78 is 4.64. The Kier molecular flexibility index (Phi) is 4.79. The van der Waals surface area contributed by atoms with Gasteiger partial charge in [0.25, 0.3) is 5.91 Å². The first-order valence-electron chi connectivity index (χ1n) is 7.98. The predicted molar refractivity (Wildman–Crippen MR) is 93.8 cm³/mol. The van der Waals surface area contributed by atoms with E-state index in [1.807, 2.05) is 6.07 Å². The van der Waals surface area contributed by atoms with Gasteiger partial charge < -0.3 is 15.0 Å². The van der Waals surface area contributed by atoms with Crippen molar-refractivity contribution >= 4 is 29.2 Å². The maximum absolute atomic E-state index is 12.4. The van der Waals surface area contributed by atoms with E-state index in [0.717, 1.165) is 12.1 Å². The van der Waals surface area contributed by atoms with E-state index in [2.05, 4.69) is 10.1 Å². The lowest BCUT2D eigenvalue weighted by molar-refractivity contribution is -0.117. The van der Waals surface area contributed by atoms with E-state index in [-0.39, 0.29) is 11.8 Å². The van der Waals surface area contributed by atoms with Crippen LogP contribution in [0.2, 0.25) is 0 Å². The van der Waals surface area contributed by atoms with Crippen LogP contribution in [0.1, 0.15) is 33.6 Å². The Morgan fingerprint density at radius 3 is 2.48 bits per heavy atom. The lowest BCUT2D eigenvalue weighted by atomic mass is 10.1. The topological polar surface area (TPSA) is 75.7 Å². The number of ether oxygens (including phenoxy) is 1. The van der Waals surface area contributed by atoms with E-state index in [4.69, 9.17) is 0 Å². The van der Waals surface area contributed by atoms with Crippen LogP contribution >= 0.6 is 0 Å². The number of hydrogen-bond donors (Lipinski definition) is 1. The fraction of sp³-hybridized carbons (Fsp3) is 0.211. The van der Waals surface area contributed by atoms with Gasteiger partial charge in [0.05, 0.1) is 12.7 Å². The zero-order valence-corrected chi connectivity index (χ0v) is 13.8. The first kappa shape index (κ1) is 16.7. The van der Waals surface area contributed by atoms with Crippen molar-refractivity contribution in [2.75, 3.05) is 23.9 Å². The summed E-state index contributed by atoms with van der Waals surface area (Å²) in [6, 6.07) is 13.4. The number of rotatable bonds is 4. The molecular formula is C19H18N2O4.